The highest BCUT2D eigenvalue weighted by molar-refractivity contribution is 9.10. The largest absolute Gasteiger partial charge is 0.465 e. The van der Waals surface area contributed by atoms with Gasteiger partial charge in [0.2, 0.25) is 0 Å². The van der Waals surface area contributed by atoms with E-state index >= 15 is 0 Å². The van der Waals surface area contributed by atoms with Crippen LogP contribution in [-0.2, 0) is 6.42 Å². The molecule has 5 nitrogen and oxygen atoms in total. The molecule has 1 aromatic heterocycles. The summed E-state index contributed by atoms with van der Waals surface area (Å²) in [4.78, 5) is 19.3. The van der Waals surface area contributed by atoms with E-state index in [4.69, 9.17) is 5.11 Å². The Kier molecular flexibility index (Phi) is 5.45. The quantitative estimate of drug-likeness (QED) is 0.828. The molecule has 0 aromatic carbocycles. The van der Waals surface area contributed by atoms with E-state index in [1.54, 1.807) is 0 Å². The average Bonchev–Trinajstić information content (AvgIpc) is 2.46. The molecular weight excluding hydrogens is 346 g/mol. The third kappa shape index (κ3) is 4.20. The van der Waals surface area contributed by atoms with E-state index in [-0.39, 0.29) is 5.54 Å². The van der Waals surface area contributed by atoms with Crippen molar-refractivity contribution >= 4 is 22.0 Å². The second-order valence-electron chi connectivity index (χ2n) is 6.45. The van der Waals surface area contributed by atoms with Gasteiger partial charge in [0.1, 0.15) is 4.60 Å². The maximum atomic E-state index is 11.0. The lowest BCUT2D eigenvalue weighted by molar-refractivity contribution is 0.0473. The third-order valence-electron chi connectivity index (χ3n) is 4.57. The zero-order chi connectivity index (χ0) is 16.3. The minimum absolute atomic E-state index is 0.0596. The molecule has 1 aromatic rings. The fourth-order valence-corrected chi connectivity index (χ4v) is 3.32. The van der Waals surface area contributed by atoms with Gasteiger partial charge in [-0.1, -0.05) is 6.07 Å². The molecule has 0 atom stereocenters. The summed E-state index contributed by atoms with van der Waals surface area (Å²) in [6.07, 6.45) is 1.21. The summed E-state index contributed by atoms with van der Waals surface area (Å²) < 4.78 is 0.873. The van der Waals surface area contributed by atoms with Crippen LogP contribution in [-0.4, -0.2) is 57.7 Å². The molecule has 2 rings (SSSR count). The van der Waals surface area contributed by atoms with E-state index in [2.05, 4.69) is 45.7 Å². The van der Waals surface area contributed by atoms with Gasteiger partial charge >= 0.3 is 6.09 Å². The number of carboxylic acid groups (broad SMARTS) is 1. The summed E-state index contributed by atoms with van der Waals surface area (Å²) in [7, 11) is 0. The molecule has 6 heteroatoms. The van der Waals surface area contributed by atoms with Gasteiger partial charge in [-0.05, 0) is 61.2 Å². The molecule has 0 radical (unpaired) electrons. The first-order chi connectivity index (χ1) is 10.3. The van der Waals surface area contributed by atoms with Gasteiger partial charge in [-0.2, -0.15) is 0 Å². The molecule has 0 spiro atoms. The van der Waals surface area contributed by atoms with Crippen LogP contribution in [0.25, 0.3) is 0 Å². The van der Waals surface area contributed by atoms with Crippen molar-refractivity contribution in [1.82, 2.24) is 14.8 Å². The minimum atomic E-state index is -0.811. The summed E-state index contributed by atoms with van der Waals surface area (Å²) >= 11 is 3.39. The van der Waals surface area contributed by atoms with Gasteiger partial charge in [0.15, 0.2) is 0 Å². The van der Waals surface area contributed by atoms with Gasteiger partial charge in [0.25, 0.3) is 0 Å². The Morgan fingerprint density at radius 3 is 2.50 bits per heavy atom. The van der Waals surface area contributed by atoms with E-state index in [0.717, 1.165) is 36.2 Å². The van der Waals surface area contributed by atoms with Crippen molar-refractivity contribution in [2.75, 3.05) is 26.2 Å². The highest BCUT2D eigenvalue weighted by Crippen LogP contribution is 2.24. The molecule has 2 heterocycles. The second-order valence-corrected chi connectivity index (χ2v) is 7.26. The molecule has 1 saturated heterocycles. The molecule has 1 N–H and O–H groups in total. The fraction of sp³-hybridized carbons (Fsp3) is 0.625. The lowest BCUT2D eigenvalue weighted by Crippen LogP contribution is -2.55. The number of hydrogen-bond donors (Lipinski definition) is 1. The van der Waals surface area contributed by atoms with Gasteiger partial charge in [0, 0.05) is 37.4 Å². The highest BCUT2D eigenvalue weighted by atomic mass is 79.9. The fourth-order valence-electron chi connectivity index (χ4n) is 2.93. The number of hydrogen-bond acceptors (Lipinski definition) is 3. The van der Waals surface area contributed by atoms with Gasteiger partial charge in [0.05, 0.1) is 0 Å². The normalized spacial score (nSPS) is 16.8. The van der Waals surface area contributed by atoms with E-state index in [0.29, 0.717) is 13.1 Å². The molecule has 0 bridgehead atoms. The second kappa shape index (κ2) is 6.96. The zero-order valence-corrected chi connectivity index (χ0v) is 15.1. The number of halogens is 1. The number of nitrogens with zero attached hydrogens (tertiary/aromatic N) is 3. The van der Waals surface area contributed by atoms with Crippen LogP contribution in [0.4, 0.5) is 4.79 Å². The minimum Gasteiger partial charge on any atom is -0.465 e. The first-order valence-electron chi connectivity index (χ1n) is 7.64. The van der Waals surface area contributed by atoms with Crippen LogP contribution >= 0.6 is 15.9 Å². The van der Waals surface area contributed by atoms with Crippen LogP contribution in [0, 0.1) is 6.92 Å². The third-order valence-corrected chi connectivity index (χ3v) is 5.02. The summed E-state index contributed by atoms with van der Waals surface area (Å²) in [6, 6.07) is 4.12. The van der Waals surface area contributed by atoms with Crippen molar-refractivity contribution in [3.63, 3.8) is 0 Å². The van der Waals surface area contributed by atoms with Gasteiger partial charge in [-0.25, -0.2) is 9.78 Å². The smallest absolute Gasteiger partial charge is 0.407 e. The van der Waals surface area contributed by atoms with Crippen molar-refractivity contribution in [2.24, 2.45) is 0 Å². The van der Waals surface area contributed by atoms with Gasteiger partial charge in [-0.15, -0.1) is 0 Å². The maximum absolute atomic E-state index is 11.0. The summed E-state index contributed by atoms with van der Waals surface area (Å²) in [6.45, 7) is 9.32. The Morgan fingerprint density at radius 2 is 1.95 bits per heavy atom. The summed E-state index contributed by atoms with van der Waals surface area (Å²) in [5.74, 6) is 0. The van der Waals surface area contributed by atoms with Crippen LogP contribution in [0.5, 0.6) is 0 Å². The first-order valence-corrected chi connectivity index (χ1v) is 8.44. The van der Waals surface area contributed by atoms with Crippen molar-refractivity contribution in [3.05, 3.63) is 28.0 Å². The van der Waals surface area contributed by atoms with E-state index in [1.807, 2.05) is 13.0 Å². The highest BCUT2D eigenvalue weighted by Gasteiger charge is 2.30. The van der Waals surface area contributed by atoms with Crippen molar-refractivity contribution in [2.45, 2.75) is 39.2 Å². The number of aromatic nitrogens is 1. The Bertz CT molecular complexity index is 540. The SMILES string of the molecule is Cc1nc(Br)ccc1CCC(C)(C)N1CCN(C(=O)O)CC1. The number of aryl methyl sites for hydroxylation is 2. The van der Waals surface area contributed by atoms with Crippen LogP contribution in [0.1, 0.15) is 31.5 Å². The van der Waals surface area contributed by atoms with E-state index in [9.17, 15) is 4.79 Å². The van der Waals surface area contributed by atoms with Gasteiger partial charge < -0.3 is 10.0 Å². The van der Waals surface area contributed by atoms with Crippen LogP contribution < -0.4 is 0 Å². The predicted molar refractivity (Wildman–Crippen MR) is 90.2 cm³/mol. The number of pyridine rings is 1. The standard InChI is InChI=1S/C16H24BrN3O2/c1-12-13(4-5-14(17)18-12)6-7-16(2,3)20-10-8-19(9-11-20)15(21)22/h4-5H,6-11H2,1-3H3,(H,21,22). The monoisotopic (exact) mass is 369 g/mol. The Hall–Kier alpha value is -1.14. The lowest BCUT2D eigenvalue weighted by Gasteiger charge is -2.43. The Labute approximate surface area is 140 Å². The number of carbonyl (C=O) groups is 1. The zero-order valence-electron chi connectivity index (χ0n) is 13.5. The molecule has 0 saturated carbocycles. The maximum Gasteiger partial charge on any atom is 0.407 e. The molecular formula is C16H24BrN3O2. The molecule has 22 heavy (non-hydrogen) atoms. The molecule has 122 valence electrons. The van der Waals surface area contributed by atoms with Crippen molar-refractivity contribution in [3.8, 4) is 0 Å². The Balaban J connectivity index is 1.92. The molecule has 1 aliphatic rings. The van der Waals surface area contributed by atoms with Crippen LogP contribution in [0.15, 0.2) is 16.7 Å². The van der Waals surface area contributed by atoms with E-state index in [1.165, 1.54) is 10.5 Å². The average molecular weight is 370 g/mol. The molecule has 0 aliphatic carbocycles. The van der Waals surface area contributed by atoms with E-state index < -0.39 is 6.09 Å². The van der Waals surface area contributed by atoms with Crippen LogP contribution in [0.3, 0.4) is 0 Å². The van der Waals surface area contributed by atoms with Crippen molar-refractivity contribution < 1.29 is 9.90 Å². The topological polar surface area (TPSA) is 56.7 Å². The summed E-state index contributed by atoms with van der Waals surface area (Å²) in [5.41, 5.74) is 2.41. The number of amides is 1. The molecule has 0 unspecified atom stereocenters. The van der Waals surface area contributed by atoms with Crippen molar-refractivity contribution in [1.29, 1.82) is 0 Å². The number of rotatable bonds is 4. The van der Waals surface area contributed by atoms with Gasteiger partial charge in [-0.3, -0.25) is 4.90 Å². The summed E-state index contributed by atoms with van der Waals surface area (Å²) in [5, 5.41) is 9.03. The molecule has 1 fully saturated rings. The predicted octanol–water partition coefficient (Wildman–Crippen LogP) is 3.16. The molecule has 1 amide bonds. The van der Waals surface area contributed by atoms with Crippen LogP contribution in [0.2, 0.25) is 0 Å². The lowest BCUT2D eigenvalue weighted by atomic mass is 9.92. The molecule has 1 aliphatic heterocycles. The Morgan fingerprint density at radius 1 is 1.32 bits per heavy atom. The number of piperazine rings is 1. The first kappa shape index (κ1) is 17.2.